The predicted molar refractivity (Wildman–Crippen MR) is 56.0 cm³/mol. The third kappa shape index (κ3) is 9.66. The molecule has 0 radical (unpaired) electrons. The van der Waals surface area contributed by atoms with Gasteiger partial charge in [-0.1, -0.05) is 0 Å². The van der Waals surface area contributed by atoms with Crippen molar-refractivity contribution in [3.8, 4) is 0 Å². The maximum atomic E-state index is 10.7. The molecule has 3 N–H and O–H groups in total. The maximum absolute atomic E-state index is 10.7. The van der Waals surface area contributed by atoms with Crippen molar-refractivity contribution in [3.05, 3.63) is 0 Å². The van der Waals surface area contributed by atoms with E-state index in [1.54, 1.807) is 18.8 Å². The largest absolute Gasteiger partial charge is 0.396 e. The number of hydrogen-bond acceptors (Lipinski definition) is 4. The highest BCUT2D eigenvalue weighted by molar-refractivity contribution is 7.99. The van der Waals surface area contributed by atoms with Crippen LogP contribution in [0.15, 0.2) is 0 Å². The Balaban J connectivity index is 2.95. The molecule has 0 saturated carbocycles. The minimum absolute atomic E-state index is 0.0142. The SMILES string of the molecule is CNC(=O)CNCCSCCCO. The van der Waals surface area contributed by atoms with Gasteiger partial charge in [0.1, 0.15) is 0 Å². The molecule has 0 unspecified atom stereocenters. The number of likely N-dealkylation sites (N-methyl/N-ethyl adjacent to an activating group) is 1. The van der Waals surface area contributed by atoms with Gasteiger partial charge < -0.3 is 15.7 Å². The Morgan fingerprint density at radius 1 is 1.46 bits per heavy atom. The number of carbonyl (C=O) groups excluding carboxylic acids is 1. The van der Waals surface area contributed by atoms with Crippen LogP contribution in [0.5, 0.6) is 0 Å². The Bertz CT molecular complexity index is 133. The molecule has 0 spiro atoms. The fourth-order valence-corrected chi connectivity index (χ4v) is 1.53. The van der Waals surface area contributed by atoms with E-state index in [2.05, 4.69) is 10.6 Å². The predicted octanol–water partition coefficient (Wildman–Crippen LogP) is -0.562. The lowest BCUT2D eigenvalue weighted by Crippen LogP contribution is -2.32. The summed E-state index contributed by atoms with van der Waals surface area (Å²) in [5.41, 5.74) is 0. The first kappa shape index (κ1) is 12.7. The molecule has 0 saturated heterocycles. The van der Waals surface area contributed by atoms with Gasteiger partial charge in [0.05, 0.1) is 6.54 Å². The van der Waals surface area contributed by atoms with E-state index in [1.807, 2.05) is 0 Å². The topological polar surface area (TPSA) is 61.4 Å². The average molecular weight is 206 g/mol. The Hall–Kier alpha value is -0.260. The number of nitrogens with one attached hydrogen (secondary N) is 2. The van der Waals surface area contributed by atoms with Gasteiger partial charge in [-0.05, 0) is 12.2 Å². The summed E-state index contributed by atoms with van der Waals surface area (Å²) in [5, 5.41) is 14.0. The summed E-state index contributed by atoms with van der Waals surface area (Å²) in [6, 6.07) is 0. The number of rotatable bonds is 8. The summed E-state index contributed by atoms with van der Waals surface area (Å²) in [4.78, 5) is 10.7. The number of hydrogen-bond donors (Lipinski definition) is 3. The normalized spacial score (nSPS) is 10.0. The number of aliphatic hydroxyl groups excluding tert-OH is 1. The lowest BCUT2D eigenvalue weighted by atomic mass is 10.5. The summed E-state index contributed by atoms with van der Waals surface area (Å²) in [7, 11) is 1.63. The molecule has 4 nitrogen and oxygen atoms in total. The lowest BCUT2D eigenvalue weighted by molar-refractivity contribution is -0.119. The highest BCUT2D eigenvalue weighted by Crippen LogP contribution is 1.99. The fraction of sp³-hybridized carbons (Fsp3) is 0.875. The second-order valence-electron chi connectivity index (χ2n) is 2.54. The van der Waals surface area contributed by atoms with Crippen LogP contribution < -0.4 is 10.6 Å². The molecule has 0 atom stereocenters. The first-order chi connectivity index (χ1) is 6.31. The molecule has 1 amide bonds. The third-order valence-electron chi connectivity index (χ3n) is 1.43. The molecular formula is C8H18N2O2S. The van der Waals surface area contributed by atoms with Crippen molar-refractivity contribution >= 4 is 17.7 Å². The summed E-state index contributed by atoms with van der Waals surface area (Å²) >= 11 is 1.78. The minimum atomic E-state index is 0.0142. The second kappa shape index (κ2) is 9.83. The van der Waals surface area contributed by atoms with E-state index >= 15 is 0 Å². The van der Waals surface area contributed by atoms with Crippen LogP contribution in [0.1, 0.15) is 6.42 Å². The molecule has 0 aromatic carbocycles. The van der Waals surface area contributed by atoms with E-state index in [-0.39, 0.29) is 12.5 Å². The zero-order valence-electron chi connectivity index (χ0n) is 8.01. The Kier molecular flexibility index (Phi) is 9.63. The molecule has 13 heavy (non-hydrogen) atoms. The molecule has 0 rings (SSSR count). The first-order valence-corrected chi connectivity index (χ1v) is 5.56. The van der Waals surface area contributed by atoms with Crippen molar-refractivity contribution < 1.29 is 9.90 Å². The van der Waals surface area contributed by atoms with E-state index in [1.165, 1.54) is 0 Å². The summed E-state index contributed by atoms with van der Waals surface area (Å²) in [6.45, 7) is 1.49. The lowest BCUT2D eigenvalue weighted by Gasteiger charge is -2.02. The number of amides is 1. The standard InChI is InChI=1S/C8H18N2O2S/c1-9-8(12)7-10-3-6-13-5-2-4-11/h10-11H,2-7H2,1H3,(H,9,12). The van der Waals surface area contributed by atoms with Crippen LogP contribution in [0.3, 0.4) is 0 Å². The molecule has 0 aliphatic carbocycles. The van der Waals surface area contributed by atoms with Crippen molar-refractivity contribution in [2.24, 2.45) is 0 Å². The smallest absolute Gasteiger partial charge is 0.233 e. The Morgan fingerprint density at radius 2 is 2.23 bits per heavy atom. The van der Waals surface area contributed by atoms with Crippen molar-refractivity contribution in [1.29, 1.82) is 0 Å². The molecule has 78 valence electrons. The zero-order valence-corrected chi connectivity index (χ0v) is 8.82. The van der Waals surface area contributed by atoms with Crippen LogP contribution in [0.25, 0.3) is 0 Å². The Labute approximate surface area is 83.5 Å². The highest BCUT2D eigenvalue weighted by atomic mass is 32.2. The minimum Gasteiger partial charge on any atom is -0.396 e. The molecule has 0 aromatic rings. The first-order valence-electron chi connectivity index (χ1n) is 4.41. The van der Waals surface area contributed by atoms with E-state index < -0.39 is 0 Å². The van der Waals surface area contributed by atoms with Crippen molar-refractivity contribution in [1.82, 2.24) is 10.6 Å². The van der Waals surface area contributed by atoms with E-state index in [0.29, 0.717) is 6.54 Å². The second-order valence-corrected chi connectivity index (χ2v) is 3.76. The van der Waals surface area contributed by atoms with Crippen LogP contribution in [0.4, 0.5) is 0 Å². The van der Waals surface area contributed by atoms with Gasteiger partial charge in [-0.15, -0.1) is 0 Å². The van der Waals surface area contributed by atoms with E-state index in [9.17, 15) is 4.79 Å². The quantitative estimate of drug-likeness (QED) is 0.466. The van der Waals surface area contributed by atoms with Gasteiger partial charge in [0.15, 0.2) is 0 Å². The highest BCUT2D eigenvalue weighted by Gasteiger charge is 1.95. The molecular weight excluding hydrogens is 188 g/mol. The van der Waals surface area contributed by atoms with Gasteiger partial charge in [0, 0.05) is 26.0 Å². The van der Waals surface area contributed by atoms with Gasteiger partial charge in [0.25, 0.3) is 0 Å². The molecule has 0 bridgehead atoms. The number of thioether (sulfide) groups is 1. The van der Waals surface area contributed by atoms with Gasteiger partial charge in [-0.3, -0.25) is 4.79 Å². The zero-order chi connectivity index (χ0) is 9.94. The fourth-order valence-electron chi connectivity index (χ4n) is 0.703. The van der Waals surface area contributed by atoms with Crippen LogP contribution in [0.2, 0.25) is 0 Å². The van der Waals surface area contributed by atoms with Gasteiger partial charge in [-0.25, -0.2) is 0 Å². The maximum Gasteiger partial charge on any atom is 0.233 e. The monoisotopic (exact) mass is 206 g/mol. The van der Waals surface area contributed by atoms with Crippen molar-refractivity contribution in [3.63, 3.8) is 0 Å². The van der Waals surface area contributed by atoms with Gasteiger partial charge in [-0.2, -0.15) is 11.8 Å². The van der Waals surface area contributed by atoms with Crippen LogP contribution in [0, 0.1) is 0 Å². The molecule has 0 aliphatic heterocycles. The molecule has 0 aromatic heterocycles. The average Bonchev–Trinajstić information content (AvgIpc) is 2.16. The molecule has 0 aliphatic rings. The van der Waals surface area contributed by atoms with Gasteiger partial charge >= 0.3 is 0 Å². The van der Waals surface area contributed by atoms with Crippen molar-refractivity contribution in [2.45, 2.75) is 6.42 Å². The van der Waals surface area contributed by atoms with E-state index in [0.717, 1.165) is 24.5 Å². The van der Waals surface area contributed by atoms with Crippen LogP contribution in [-0.4, -0.2) is 49.3 Å². The summed E-state index contributed by atoms with van der Waals surface area (Å²) < 4.78 is 0. The van der Waals surface area contributed by atoms with Crippen LogP contribution >= 0.6 is 11.8 Å². The van der Waals surface area contributed by atoms with Crippen LogP contribution in [-0.2, 0) is 4.79 Å². The molecule has 0 heterocycles. The van der Waals surface area contributed by atoms with E-state index in [4.69, 9.17) is 5.11 Å². The summed E-state index contributed by atoms with van der Waals surface area (Å²) in [6.07, 6.45) is 0.847. The molecule has 0 fully saturated rings. The molecule has 5 heteroatoms. The number of aliphatic hydroxyl groups is 1. The third-order valence-corrected chi connectivity index (χ3v) is 2.50. The number of carbonyl (C=O) groups is 1. The Morgan fingerprint density at radius 3 is 2.85 bits per heavy atom. The summed E-state index contributed by atoms with van der Waals surface area (Å²) in [5.74, 6) is 1.98. The van der Waals surface area contributed by atoms with Crippen molar-refractivity contribution in [2.75, 3.05) is 38.2 Å². The van der Waals surface area contributed by atoms with Gasteiger partial charge in [0.2, 0.25) is 5.91 Å².